The van der Waals surface area contributed by atoms with Crippen LogP contribution in [0.5, 0.6) is 0 Å². The Hall–Kier alpha value is -2.20. The Bertz CT molecular complexity index is 599. The van der Waals surface area contributed by atoms with Crippen LogP contribution >= 0.6 is 12.2 Å². The van der Waals surface area contributed by atoms with Gasteiger partial charge >= 0.3 is 0 Å². The Balaban J connectivity index is 1.98. The summed E-state index contributed by atoms with van der Waals surface area (Å²) in [4.78, 5) is 12.4. The van der Waals surface area contributed by atoms with Crippen LogP contribution in [-0.2, 0) is 4.79 Å². The van der Waals surface area contributed by atoms with E-state index in [2.05, 4.69) is 10.6 Å². The zero-order valence-electron chi connectivity index (χ0n) is 11.9. The molecule has 0 aliphatic heterocycles. The molecule has 0 aliphatic carbocycles. The van der Waals surface area contributed by atoms with Crippen LogP contribution in [-0.4, -0.2) is 17.3 Å². The van der Waals surface area contributed by atoms with Crippen LogP contribution in [0.15, 0.2) is 60.7 Å². The van der Waals surface area contributed by atoms with E-state index in [1.165, 1.54) is 0 Å². The SMILES string of the molecule is CC(=O)C(CNc1ccccc1)C(=S)Nc1ccccc1. The van der Waals surface area contributed by atoms with Crippen molar-refractivity contribution in [2.24, 2.45) is 5.92 Å². The standard InChI is InChI=1S/C17H18N2OS/c1-13(20)16(12-18-14-8-4-2-5-9-14)17(21)19-15-10-6-3-7-11-15/h2-11,16,18H,12H2,1H3,(H,19,21). The number of para-hydroxylation sites is 2. The van der Waals surface area contributed by atoms with Crippen LogP contribution in [0.4, 0.5) is 11.4 Å². The fourth-order valence-corrected chi connectivity index (χ4v) is 2.31. The summed E-state index contributed by atoms with van der Waals surface area (Å²) in [5, 5.41) is 6.37. The summed E-state index contributed by atoms with van der Waals surface area (Å²) >= 11 is 5.38. The lowest BCUT2D eigenvalue weighted by molar-refractivity contribution is -0.118. The van der Waals surface area contributed by atoms with E-state index < -0.39 is 0 Å². The molecule has 2 rings (SSSR count). The third kappa shape index (κ3) is 4.68. The van der Waals surface area contributed by atoms with E-state index in [0.717, 1.165) is 11.4 Å². The van der Waals surface area contributed by atoms with Crippen molar-refractivity contribution in [3.63, 3.8) is 0 Å². The third-order valence-corrected chi connectivity index (χ3v) is 3.52. The fraction of sp³-hybridized carbons (Fsp3) is 0.176. The van der Waals surface area contributed by atoms with E-state index in [0.29, 0.717) is 11.5 Å². The maximum absolute atomic E-state index is 11.8. The van der Waals surface area contributed by atoms with Crippen molar-refractivity contribution in [3.05, 3.63) is 60.7 Å². The van der Waals surface area contributed by atoms with Gasteiger partial charge in [0.25, 0.3) is 0 Å². The van der Waals surface area contributed by atoms with Gasteiger partial charge in [-0.3, -0.25) is 4.79 Å². The summed E-state index contributed by atoms with van der Waals surface area (Å²) in [6.07, 6.45) is 0. The molecule has 0 bridgehead atoms. The lowest BCUT2D eigenvalue weighted by atomic mass is 10.0. The van der Waals surface area contributed by atoms with E-state index in [1.54, 1.807) is 6.92 Å². The normalized spacial score (nSPS) is 11.5. The third-order valence-electron chi connectivity index (χ3n) is 3.13. The molecule has 0 radical (unpaired) electrons. The van der Waals surface area contributed by atoms with Crippen molar-refractivity contribution in [2.45, 2.75) is 6.92 Å². The fourth-order valence-electron chi connectivity index (χ4n) is 1.95. The summed E-state index contributed by atoms with van der Waals surface area (Å²) in [6, 6.07) is 19.4. The van der Waals surface area contributed by atoms with Gasteiger partial charge in [0, 0.05) is 17.9 Å². The van der Waals surface area contributed by atoms with Crippen molar-refractivity contribution >= 4 is 34.4 Å². The number of hydrogen-bond donors (Lipinski definition) is 2. The summed E-state index contributed by atoms with van der Waals surface area (Å²) in [5.41, 5.74) is 1.87. The van der Waals surface area contributed by atoms with Crippen LogP contribution in [0.3, 0.4) is 0 Å². The summed E-state index contributed by atoms with van der Waals surface area (Å²) in [7, 11) is 0. The van der Waals surface area contributed by atoms with Crippen molar-refractivity contribution in [3.8, 4) is 0 Å². The molecule has 3 nitrogen and oxygen atoms in total. The number of nitrogens with one attached hydrogen (secondary N) is 2. The maximum Gasteiger partial charge on any atom is 0.141 e. The second-order valence-electron chi connectivity index (χ2n) is 4.77. The van der Waals surface area contributed by atoms with Crippen molar-refractivity contribution in [1.82, 2.24) is 0 Å². The molecule has 1 atom stereocenters. The van der Waals surface area contributed by atoms with Gasteiger partial charge in [0.1, 0.15) is 5.78 Å². The quantitative estimate of drug-likeness (QED) is 0.797. The first-order valence-electron chi connectivity index (χ1n) is 6.82. The molecule has 2 N–H and O–H groups in total. The van der Waals surface area contributed by atoms with E-state index in [1.807, 2.05) is 60.7 Å². The molecule has 0 amide bonds. The van der Waals surface area contributed by atoms with Gasteiger partial charge in [-0.25, -0.2) is 0 Å². The molecule has 2 aromatic rings. The zero-order valence-corrected chi connectivity index (χ0v) is 12.7. The first-order valence-corrected chi connectivity index (χ1v) is 7.23. The Labute approximate surface area is 130 Å². The zero-order chi connectivity index (χ0) is 15.1. The molecule has 21 heavy (non-hydrogen) atoms. The number of ketones is 1. The van der Waals surface area contributed by atoms with Gasteiger partial charge in [-0.2, -0.15) is 0 Å². The van der Waals surface area contributed by atoms with Gasteiger partial charge in [-0.15, -0.1) is 0 Å². The summed E-state index contributed by atoms with van der Waals surface area (Å²) in [6.45, 7) is 2.05. The van der Waals surface area contributed by atoms with E-state index in [9.17, 15) is 4.79 Å². The van der Waals surface area contributed by atoms with Crippen molar-refractivity contribution in [2.75, 3.05) is 17.2 Å². The number of Topliss-reactive ketones (excluding diaryl/α,β-unsaturated/α-hetero) is 1. The van der Waals surface area contributed by atoms with Crippen LogP contribution < -0.4 is 10.6 Å². The van der Waals surface area contributed by atoms with E-state index >= 15 is 0 Å². The van der Waals surface area contributed by atoms with Crippen LogP contribution in [0.25, 0.3) is 0 Å². The van der Waals surface area contributed by atoms with Gasteiger partial charge in [0.2, 0.25) is 0 Å². The highest BCUT2D eigenvalue weighted by atomic mass is 32.1. The molecular formula is C17H18N2OS. The molecule has 4 heteroatoms. The van der Waals surface area contributed by atoms with E-state index in [-0.39, 0.29) is 11.7 Å². The van der Waals surface area contributed by atoms with Gasteiger partial charge in [-0.1, -0.05) is 48.6 Å². The number of carbonyl (C=O) groups excluding carboxylic acids is 1. The number of carbonyl (C=O) groups is 1. The molecule has 2 aromatic carbocycles. The molecule has 0 spiro atoms. The molecule has 0 saturated heterocycles. The Morgan fingerprint density at radius 1 is 1.00 bits per heavy atom. The number of anilines is 2. The average molecular weight is 298 g/mol. The topological polar surface area (TPSA) is 41.1 Å². The molecule has 0 aromatic heterocycles. The second kappa shape index (κ2) is 7.55. The lowest BCUT2D eigenvalue weighted by Gasteiger charge is -2.18. The second-order valence-corrected chi connectivity index (χ2v) is 5.21. The largest absolute Gasteiger partial charge is 0.384 e. The van der Waals surface area contributed by atoms with Gasteiger partial charge in [0.15, 0.2) is 0 Å². The van der Waals surface area contributed by atoms with Gasteiger partial charge in [-0.05, 0) is 31.2 Å². The monoisotopic (exact) mass is 298 g/mol. The van der Waals surface area contributed by atoms with Gasteiger partial charge < -0.3 is 10.6 Å². The predicted molar refractivity (Wildman–Crippen MR) is 91.8 cm³/mol. The lowest BCUT2D eigenvalue weighted by Crippen LogP contribution is -2.32. The van der Waals surface area contributed by atoms with Crippen LogP contribution in [0, 0.1) is 5.92 Å². The Morgan fingerprint density at radius 3 is 2.05 bits per heavy atom. The minimum atomic E-state index is -0.347. The smallest absolute Gasteiger partial charge is 0.141 e. The highest BCUT2D eigenvalue weighted by molar-refractivity contribution is 7.80. The minimum Gasteiger partial charge on any atom is -0.384 e. The first kappa shape index (κ1) is 15.2. The van der Waals surface area contributed by atoms with Gasteiger partial charge in [0.05, 0.1) is 10.9 Å². The predicted octanol–water partition coefficient (Wildman–Crippen LogP) is 3.74. The summed E-state index contributed by atoms with van der Waals surface area (Å²) in [5.74, 6) is -0.299. The van der Waals surface area contributed by atoms with Crippen LogP contribution in [0.1, 0.15) is 6.92 Å². The highest BCUT2D eigenvalue weighted by Gasteiger charge is 2.19. The number of benzene rings is 2. The average Bonchev–Trinajstić information content (AvgIpc) is 2.49. The molecule has 0 fully saturated rings. The van der Waals surface area contributed by atoms with Crippen molar-refractivity contribution in [1.29, 1.82) is 0 Å². The molecule has 0 aliphatic rings. The number of hydrogen-bond acceptors (Lipinski definition) is 3. The maximum atomic E-state index is 11.8. The van der Waals surface area contributed by atoms with Crippen molar-refractivity contribution < 1.29 is 4.79 Å². The molecule has 0 saturated carbocycles. The number of thiocarbonyl (C=S) groups is 1. The Morgan fingerprint density at radius 2 is 1.52 bits per heavy atom. The first-order chi connectivity index (χ1) is 10.2. The Kier molecular flexibility index (Phi) is 5.46. The molecular weight excluding hydrogens is 280 g/mol. The molecule has 1 unspecified atom stereocenters. The summed E-state index contributed by atoms with van der Waals surface area (Å²) < 4.78 is 0. The molecule has 108 valence electrons. The number of rotatable bonds is 6. The highest BCUT2D eigenvalue weighted by Crippen LogP contribution is 2.12. The van der Waals surface area contributed by atoms with E-state index in [4.69, 9.17) is 12.2 Å². The molecule has 0 heterocycles. The minimum absolute atomic E-state index is 0.0480. The van der Waals surface area contributed by atoms with Crippen LogP contribution in [0.2, 0.25) is 0 Å².